The van der Waals surface area contributed by atoms with E-state index in [2.05, 4.69) is 35.8 Å². The van der Waals surface area contributed by atoms with Gasteiger partial charge in [-0.2, -0.15) is 5.26 Å². The molecule has 0 aromatic heterocycles. The number of nitrogens with two attached hydrogens (primary N) is 1. The van der Waals surface area contributed by atoms with Gasteiger partial charge < -0.3 is 24.8 Å². The van der Waals surface area contributed by atoms with Crippen molar-refractivity contribution in [2.75, 3.05) is 27.4 Å². The van der Waals surface area contributed by atoms with E-state index in [1.807, 2.05) is 47.4 Å². The van der Waals surface area contributed by atoms with Gasteiger partial charge in [0.05, 0.1) is 31.3 Å². The molecule has 2 aliphatic rings. The molecule has 0 saturated heterocycles. The number of Topliss-reactive ketones (excluding diaryl/α,β-unsaturated/α-hetero) is 1. The van der Waals surface area contributed by atoms with Crippen molar-refractivity contribution < 1.29 is 19.0 Å². The van der Waals surface area contributed by atoms with Crippen molar-refractivity contribution in [1.82, 2.24) is 4.90 Å². The SMILES string of the molecule is COCCN1C(N)=C(C#N)[C@H](c2cc(OC)c(OCc3ccccc3)cc2Br)C2=C1CC(C)(C)CC2=O. The molecule has 2 N–H and O–H groups in total. The minimum atomic E-state index is -0.617. The molecule has 0 radical (unpaired) electrons. The van der Waals surface area contributed by atoms with Gasteiger partial charge in [0.15, 0.2) is 17.3 Å². The topological polar surface area (TPSA) is 97.8 Å². The largest absolute Gasteiger partial charge is 0.493 e. The van der Waals surface area contributed by atoms with Gasteiger partial charge in [0.1, 0.15) is 12.4 Å². The van der Waals surface area contributed by atoms with Crippen molar-refractivity contribution in [2.24, 2.45) is 11.1 Å². The van der Waals surface area contributed by atoms with Crippen LogP contribution in [0.4, 0.5) is 0 Å². The van der Waals surface area contributed by atoms with E-state index in [1.165, 1.54) is 0 Å². The molecule has 8 heteroatoms. The van der Waals surface area contributed by atoms with Crippen molar-refractivity contribution in [3.63, 3.8) is 0 Å². The van der Waals surface area contributed by atoms with Crippen LogP contribution in [0.1, 0.15) is 43.7 Å². The average molecular weight is 566 g/mol. The molecule has 0 amide bonds. The zero-order chi connectivity index (χ0) is 26.7. The number of benzene rings is 2. The smallest absolute Gasteiger partial charge is 0.162 e. The van der Waals surface area contributed by atoms with E-state index < -0.39 is 5.92 Å². The number of rotatable bonds is 8. The number of halogens is 1. The normalized spacial score (nSPS) is 19.0. The van der Waals surface area contributed by atoms with Gasteiger partial charge >= 0.3 is 0 Å². The van der Waals surface area contributed by atoms with Gasteiger partial charge in [0.25, 0.3) is 0 Å². The molecular formula is C29H32BrN3O4. The second-order valence-corrected chi connectivity index (χ2v) is 10.9. The first-order valence-corrected chi connectivity index (χ1v) is 13.0. The van der Waals surface area contributed by atoms with E-state index in [1.54, 1.807) is 14.2 Å². The third-order valence-corrected chi connectivity index (χ3v) is 7.52. The Kier molecular flexibility index (Phi) is 7.96. The summed E-state index contributed by atoms with van der Waals surface area (Å²) in [5, 5.41) is 10.2. The van der Waals surface area contributed by atoms with Crippen LogP contribution in [0.5, 0.6) is 11.5 Å². The number of hydrogen-bond acceptors (Lipinski definition) is 7. The molecule has 4 rings (SSSR count). The summed E-state index contributed by atoms with van der Waals surface area (Å²) in [6.45, 7) is 5.41. The highest BCUT2D eigenvalue weighted by atomic mass is 79.9. The van der Waals surface area contributed by atoms with E-state index in [4.69, 9.17) is 19.9 Å². The maximum absolute atomic E-state index is 13.6. The van der Waals surface area contributed by atoms with Crippen LogP contribution in [0, 0.1) is 16.7 Å². The third kappa shape index (κ3) is 5.39. The van der Waals surface area contributed by atoms with E-state index in [9.17, 15) is 10.1 Å². The Bertz CT molecular complexity index is 1290. The molecule has 1 aliphatic carbocycles. The van der Waals surface area contributed by atoms with Gasteiger partial charge in [-0.25, -0.2) is 0 Å². The Morgan fingerprint density at radius 3 is 2.54 bits per heavy atom. The summed E-state index contributed by atoms with van der Waals surface area (Å²) in [5.74, 6) is 0.824. The fraction of sp³-hybridized carbons (Fsp3) is 0.379. The van der Waals surface area contributed by atoms with Crippen LogP contribution in [-0.2, 0) is 16.1 Å². The maximum Gasteiger partial charge on any atom is 0.162 e. The van der Waals surface area contributed by atoms with Crippen LogP contribution in [0.3, 0.4) is 0 Å². The monoisotopic (exact) mass is 565 g/mol. The molecule has 1 atom stereocenters. The van der Waals surface area contributed by atoms with Gasteiger partial charge in [-0.15, -0.1) is 0 Å². The molecular weight excluding hydrogens is 534 g/mol. The number of methoxy groups -OCH3 is 2. The second-order valence-electron chi connectivity index (χ2n) is 10.1. The van der Waals surface area contributed by atoms with Gasteiger partial charge in [-0.3, -0.25) is 4.79 Å². The van der Waals surface area contributed by atoms with Crippen LogP contribution in [0.25, 0.3) is 0 Å². The van der Waals surface area contributed by atoms with Crippen molar-refractivity contribution in [3.05, 3.63) is 80.7 Å². The summed E-state index contributed by atoms with van der Waals surface area (Å²) >= 11 is 3.69. The minimum absolute atomic E-state index is 0.0224. The lowest BCUT2D eigenvalue weighted by molar-refractivity contribution is -0.118. The number of nitrogens with zero attached hydrogens (tertiary/aromatic N) is 2. The highest BCUT2D eigenvalue weighted by Crippen LogP contribution is 2.51. The van der Waals surface area contributed by atoms with Crippen LogP contribution < -0.4 is 15.2 Å². The highest BCUT2D eigenvalue weighted by molar-refractivity contribution is 9.10. The molecule has 2 aromatic rings. The Balaban J connectivity index is 1.82. The Morgan fingerprint density at radius 2 is 1.89 bits per heavy atom. The van der Waals surface area contributed by atoms with E-state index >= 15 is 0 Å². The number of ketones is 1. The maximum atomic E-state index is 13.6. The highest BCUT2D eigenvalue weighted by Gasteiger charge is 2.44. The van der Waals surface area contributed by atoms with Crippen molar-refractivity contribution >= 4 is 21.7 Å². The first-order chi connectivity index (χ1) is 17.7. The predicted molar refractivity (Wildman–Crippen MR) is 145 cm³/mol. The number of ether oxygens (including phenoxy) is 3. The number of carbonyl (C=O) groups is 1. The van der Waals surface area contributed by atoms with E-state index in [-0.39, 0.29) is 11.2 Å². The minimum Gasteiger partial charge on any atom is -0.493 e. The van der Waals surface area contributed by atoms with Crippen LogP contribution >= 0.6 is 15.9 Å². The summed E-state index contributed by atoms with van der Waals surface area (Å²) in [7, 11) is 3.19. The lowest BCUT2D eigenvalue weighted by atomic mass is 9.68. The average Bonchev–Trinajstić information content (AvgIpc) is 2.86. The second kappa shape index (κ2) is 11.0. The Hall–Kier alpha value is -3.28. The molecule has 0 unspecified atom stereocenters. The van der Waals surface area contributed by atoms with Crippen LogP contribution in [-0.4, -0.2) is 38.1 Å². The van der Waals surface area contributed by atoms with Crippen LogP contribution in [0.15, 0.2) is 69.6 Å². The van der Waals surface area contributed by atoms with Gasteiger partial charge in [0, 0.05) is 35.8 Å². The Labute approximate surface area is 226 Å². The zero-order valence-corrected chi connectivity index (χ0v) is 23.2. The summed E-state index contributed by atoms with van der Waals surface area (Å²) in [6.07, 6.45) is 1.06. The van der Waals surface area contributed by atoms with E-state index in [0.717, 1.165) is 16.8 Å². The van der Waals surface area contributed by atoms with Crippen molar-refractivity contribution in [3.8, 4) is 17.6 Å². The summed E-state index contributed by atoms with van der Waals surface area (Å²) < 4.78 is 17.8. The first kappa shape index (κ1) is 26.8. The third-order valence-electron chi connectivity index (χ3n) is 6.84. The summed E-state index contributed by atoms with van der Waals surface area (Å²) in [4.78, 5) is 15.5. The molecule has 0 spiro atoms. The molecule has 2 aromatic carbocycles. The van der Waals surface area contributed by atoms with E-state index in [0.29, 0.717) is 65.5 Å². The quantitative estimate of drug-likeness (QED) is 0.456. The lowest BCUT2D eigenvalue weighted by Crippen LogP contribution is -2.43. The molecule has 37 heavy (non-hydrogen) atoms. The lowest BCUT2D eigenvalue weighted by Gasteiger charge is -2.44. The summed E-state index contributed by atoms with van der Waals surface area (Å²) in [5.41, 5.74) is 9.96. The first-order valence-electron chi connectivity index (χ1n) is 12.2. The molecule has 0 bridgehead atoms. The van der Waals surface area contributed by atoms with Crippen LogP contribution in [0.2, 0.25) is 0 Å². The Morgan fingerprint density at radius 1 is 1.16 bits per heavy atom. The molecule has 0 saturated carbocycles. The predicted octanol–water partition coefficient (Wildman–Crippen LogP) is 5.42. The molecule has 1 aliphatic heterocycles. The van der Waals surface area contributed by atoms with Gasteiger partial charge in [-0.1, -0.05) is 60.1 Å². The number of allylic oxidation sites excluding steroid dienone is 3. The molecule has 1 heterocycles. The fourth-order valence-corrected chi connectivity index (χ4v) is 5.66. The number of hydrogen-bond donors (Lipinski definition) is 1. The van der Waals surface area contributed by atoms with Crippen molar-refractivity contribution in [2.45, 2.75) is 39.2 Å². The molecule has 0 fully saturated rings. The van der Waals surface area contributed by atoms with Gasteiger partial charge in [-0.05, 0) is 35.1 Å². The number of nitriles is 1. The molecule has 194 valence electrons. The van der Waals surface area contributed by atoms with Crippen molar-refractivity contribution in [1.29, 1.82) is 5.26 Å². The summed E-state index contributed by atoms with van der Waals surface area (Å²) in [6, 6.07) is 15.8. The number of carbonyl (C=O) groups excluding carboxylic acids is 1. The standard InChI is InChI=1S/C29H32BrN3O4/c1-29(2)14-22-27(23(34)15-29)26(20(16-31)28(32)33(22)10-11-35-3)19-12-24(36-4)25(13-21(19)30)37-17-18-8-6-5-7-9-18/h5-9,12-13,26H,10-11,14-15,17,32H2,1-4H3/t26-/m0/s1. The van der Waals surface area contributed by atoms with Gasteiger partial charge in [0.2, 0.25) is 0 Å². The zero-order valence-electron chi connectivity index (χ0n) is 21.6. The fourth-order valence-electron chi connectivity index (χ4n) is 5.10. The molecule has 7 nitrogen and oxygen atoms in total.